The third-order valence-corrected chi connectivity index (χ3v) is 6.14. The van der Waals surface area contributed by atoms with Gasteiger partial charge in [-0.2, -0.15) is 4.31 Å². The third kappa shape index (κ3) is 4.30. The summed E-state index contributed by atoms with van der Waals surface area (Å²) >= 11 is 5.28. The van der Waals surface area contributed by atoms with Crippen LogP contribution in [0.25, 0.3) is 6.08 Å². The average Bonchev–Trinajstić information content (AvgIpc) is 2.67. The van der Waals surface area contributed by atoms with Gasteiger partial charge in [-0.15, -0.1) is 0 Å². The minimum absolute atomic E-state index is 0.202. The fourth-order valence-corrected chi connectivity index (χ4v) is 4.33. The van der Waals surface area contributed by atoms with E-state index in [0.29, 0.717) is 31.7 Å². The molecule has 6 nitrogen and oxygen atoms in total. The number of nitrogens with zero attached hydrogens (tertiary/aromatic N) is 3. The summed E-state index contributed by atoms with van der Waals surface area (Å²) in [4.78, 5) is 17.4. The smallest absolute Gasteiger partial charge is 0.245 e. The fraction of sp³-hybridized carbons (Fsp3) is 0.222. The monoisotopic (exact) mass is 391 g/mol. The van der Waals surface area contributed by atoms with E-state index >= 15 is 0 Å². The first-order valence-corrected chi connectivity index (χ1v) is 9.92. The Hall–Kier alpha value is -2.22. The maximum Gasteiger partial charge on any atom is 0.245 e. The molecule has 1 aromatic heterocycles. The summed E-state index contributed by atoms with van der Waals surface area (Å²) in [6.07, 6.45) is 4.41. The van der Waals surface area contributed by atoms with E-state index in [9.17, 15) is 13.2 Å². The second kappa shape index (κ2) is 7.99. The van der Waals surface area contributed by atoms with Gasteiger partial charge < -0.3 is 4.90 Å². The Labute approximate surface area is 157 Å². The molecule has 2 aromatic rings. The number of carbonyl (C=O) groups excluding carboxylic acids is 1. The van der Waals surface area contributed by atoms with E-state index in [-0.39, 0.29) is 4.90 Å². The van der Waals surface area contributed by atoms with Crippen LogP contribution in [-0.4, -0.2) is 49.1 Å². The number of piperazine rings is 1. The lowest BCUT2D eigenvalue weighted by Gasteiger charge is -2.34. The first-order valence-electron chi connectivity index (χ1n) is 8.10. The molecular weight excluding hydrogens is 374 g/mol. The first-order chi connectivity index (χ1) is 12.5. The molecule has 1 saturated heterocycles. The zero-order valence-electron chi connectivity index (χ0n) is 14.0. The van der Waals surface area contributed by atoms with Gasteiger partial charge in [-0.25, -0.2) is 13.4 Å². The second-order valence-electron chi connectivity index (χ2n) is 5.79. The molecule has 3 rings (SSSR count). The quantitative estimate of drug-likeness (QED) is 0.578. The van der Waals surface area contributed by atoms with Gasteiger partial charge in [0, 0.05) is 32.4 Å². The van der Waals surface area contributed by atoms with Gasteiger partial charge in [-0.3, -0.25) is 4.79 Å². The number of halogens is 1. The summed E-state index contributed by atoms with van der Waals surface area (Å²) in [5.74, 6) is 0.849. The highest BCUT2D eigenvalue weighted by atomic mass is 35.5. The van der Waals surface area contributed by atoms with Crippen LogP contribution in [0.5, 0.6) is 0 Å². The molecule has 0 N–H and O–H groups in total. The van der Waals surface area contributed by atoms with Gasteiger partial charge in [-0.05, 0) is 47.5 Å². The molecule has 1 aliphatic rings. The third-order valence-electron chi connectivity index (χ3n) is 4.11. The Morgan fingerprint density at radius 3 is 2.50 bits per heavy atom. The number of pyridine rings is 1. The van der Waals surface area contributed by atoms with Crippen molar-refractivity contribution in [3.63, 3.8) is 0 Å². The van der Waals surface area contributed by atoms with Crippen LogP contribution in [0.15, 0.2) is 59.6 Å². The molecule has 0 radical (unpaired) electrons. The predicted molar refractivity (Wildman–Crippen MR) is 102 cm³/mol. The predicted octanol–water partition coefficient (Wildman–Crippen LogP) is 2.37. The molecule has 0 atom stereocenters. The second-order valence-corrected chi connectivity index (χ2v) is 8.10. The van der Waals surface area contributed by atoms with Gasteiger partial charge in [0.25, 0.3) is 0 Å². The first kappa shape index (κ1) is 18.6. The number of rotatable bonds is 5. The number of hydrogen-bond donors (Lipinski definition) is 0. The van der Waals surface area contributed by atoms with Crippen LogP contribution in [0, 0.1) is 0 Å². The highest BCUT2D eigenvalue weighted by molar-refractivity contribution is 7.89. The highest BCUT2D eigenvalue weighted by Gasteiger charge is 2.28. The van der Waals surface area contributed by atoms with E-state index in [2.05, 4.69) is 9.88 Å². The molecule has 2 heterocycles. The summed E-state index contributed by atoms with van der Waals surface area (Å²) in [7, 11) is -3.59. The van der Waals surface area contributed by atoms with Crippen molar-refractivity contribution in [2.45, 2.75) is 4.90 Å². The van der Waals surface area contributed by atoms with Crippen LogP contribution in [0.3, 0.4) is 0 Å². The molecule has 8 heteroatoms. The molecule has 136 valence electrons. The van der Waals surface area contributed by atoms with Crippen molar-refractivity contribution >= 4 is 38.8 Å². The normalized spacial score (nSPS) is 16.1. The lowest BCUT2D eigenvalue weighted by atomic mass is 10.2. The largest absolute Gasteiger partial charge is 0.354 e. The van der Waals surface area contributed by atoms with Gasteiger partial charge in [-0.1, -0.05) is 24.3 Å². The van der Waals surface area contributed by atoms with E-state index in [0.717, 1.165) is 5.82 Å². The van der Waals surface area contributed by atoms with Gasteiger partial charge in [0.1, 0.15) is 5.82 Å². The van der Waals surface area contributed by atoms with Crippen LogP contribution in [0.4, 0.5) is 5.82 Å². The summed E-state index contributed by atoms with van der Waals surface area (Å²) in [5, 5.41) is -0.607. The average molecular weight is 392 g/mol. The maximum absolute atomic E-state index is 12.9. The number of allylic oxidation sites excluding steroid dienone is 1. The molecule has 0 amide bonds. The summed E-state index contributed by atoms with van der Waals surface area (Å²) in [6.45, 7) is 1.94. The SMILES string of the molecule is O=C(Cl)C=Cc1cccc(S(=O)(=O)N2CCN(c3ccccn3)CC2)c1. The Kier molecular flexibility index (Phi) is 5.70. The fourth-order valence-electron chi connectivity index (χ4n) is 2.79. The molecule has 0 spiro atoms. The number of sulfonamides is 1. The molecule has 1 aromatic carbocycles. The van der Waals surface area contributed by atoms with Crippen molar-refractivity contribution in [2.24, 2.45) is 0 Å². The van der Waals surface area contributed by atoms with Crippen LogP contribution in [0.2, 0.25) is 0 Å². The molecule has 0 saturated carbocycles. The molecule has 0 aliphatic carbocycles. The molecule has 1 aliphatic heterocycles. The highest BCUT2D eigenvalue weighted by Crippen LogP contribution is 2.21. The lowest BCUT2D eigenvalue weighted by Crippen LogP contribution is -2.48. The van der Waals surface area contributed by atoms with Crippen molar-refractivity contribution in [1.82, 2.24) is 9.29 Å². The lowest BCUT2D eigenvalue weighted by molar-refractivity contribution is -0.107. The van der Waals surface area contributed by atoms with E-state index in [1.165, 1.54) is 22.5 Å². The van der Waals surface area contributed by atoms with Gasteiger partial charge in [0.15, 0.2) is 0 Å². The van der Waals surface area contributed by atoms with E-state index in [4.69, 9.17) is 11.6 Å². The number of carbonyl (C=O) groups is 1. The zero-order chi connectivity index (χ0) is 18.6. The summed E-state index contributed by atoms with van der Waals surface area (Å²) in [6, 6.07) is 12.1. The van der Waals surface area contributed by atoms with E-state index in [1.807, 2.05) is 18.2 Å². The van der Waals surface area contributed by atoms with Crippen molar-refractivity contribution in [1.29, 1.82) is 0 Å². The number of anilines is 1. The number of hydrogen-bond acceptors (Lipinski definition) is 5. The standard InChI is InChI=1S/C18H18ClN3O3S/c19-17(23)8-7-15-4-3-5-16(14-15)26(24,25)22-12-10-21(11-13-22)18-6-1-2-9-20-18/h1-9,14H,10-13H2. The molecular formula is C18H18ClN3O3S. The Morgan fingerprint density at radius 2 is 1.85 bits per heavy atom. The van der Waals surface area contributed by atoms with E-state index in [1.54, 1.807) is 24.4 Å². The van der Waals surface area contributed by atoms with Gasteiger partial charge in [0.2, 0.25) is 15.3 Å². The van der Waals surface area contributed by atoms with Gasteiger partial charge in [0.05, 0.1) is 4.90 Å². The number of benzene rings is 1. The minimum Gasteiger partial charge on any atom is -0.354 e. The van der Waals surface area contributed by atoms with Gasteiger partial charge >= 0.3 is 0 Å². The van der Waals surface area contributed by atoms with Crippen LogP contribution in [-0.2, 0) is 14.8 Å². The minimum atomic E-state index is -3.59. The van der Waals surface area contributed by atoms with Crippen molar-refractivity contribution in [3.05, 3.63) is 60.3 Å². The Balaban J connectivity index is 1.73. The molecule has 26 heavy (non-hydrogen) atoms. The number of aromatic nitrogens is 1. The van der Waals surface area contributed by atoms with Crippen LogP contribution in [0.1, 0.15) is 5.56 Å². The summed E-state index contributed by atoms with van der Waals surface area (Å²) < 4.78 is 27.3. The van der Waals surface area contributed by atoms with Crippen LogP contribution >= 0.6 is 11.6 Å². The van der Waals surface area contributed by atoms with Crippen molar-refractivity contribution in [3.8, 4) is 0 Å². The Morgan fingerprint density at radius 1 is 1.08 bits per heavy atom. The molecule has 0 unspecified atom stereocenters. The Bertz CT molecular complexity index is 908. The zero-order valence-corrected chi connectivity index (χ0v) is 15.5. The van der Waals surface area contributed by atoms with E-state index < -0.39 is 15.3 Å². The molecule has 1 fully saturated rings. The van der Waals surface area contributed by atoms with Crippen molar-refractivity contribution < 1.29 is 13.2 Å². The van der Waals surface area contributed by atoms with Crippen LogP contribution < -0.4 is 4.90 Å². The van der Waals surface area contributed by atoms with Crippen molar-refractivity contribution in [2.75, 3.05) is 31.1 Å². The topological polar surface area (TPSA) is 70.6 Å². The summed E-state index contributed by atoms with van der Waals surface area (Å²) in [5.41, 5.74) is 0.604. The molecule has 0 bridgehead atoms. The maximum atomic E-state index is 12.9.